The zero-order valence-electron chi connectivity index (χ0n) is 17.5. The summed E-state index contributed by atoms with van der Waals surface area (Å²) in [6, 6.07) is 31.6. The molecule has 0 aliphatic heterocycles. The molecular formula is C27H25BrN2O. The number of furan rings is 1. The van der Waals surface area contributed by atoms with Crippen LogP contribution in [-0.4, -0.2) is 4.57 Å². The van der Waals surface area contributed by atoms with Crippen LogP contribution < -0.4 is 21.5 Å². The zero-order chi connectivity index (χ0) is 20.3. The summed E-state index contributed by atoms with van der Waals surface area (Å²) in [5.74, 6) is 2.23. The van der Waals surface area contributed by atoms with Gasteiger partial charge in [-0.2, -0.15) is 0 Å². The van der Waals surface area contributed by atoms with Crippen LogP contribution in [0.5, 0.6) is 0 Å². The van der Waals surface area contributed by atoms with E-state index < -0.39 is 0 Å². The Labute approximate surface area is 193 Å². The number of benzene rings is 3. The van der Waals surface area contributed by atoms with Crippen molar-refractivity contribution in [1.82, 2.24) is 4.57 Å². The summed E-state index contributed by atoms with van der Waals surface area (Å²) in [4.78, 5) is 0. The van der Waals surface area contributed by atoms with Gasteiger partial charge in [0.05, 0.1) is 0 Å². The predicted molar refractivity (Wildman–Crippen MR) is 119 cm³/mol. The van der Waals surface area contributed by atoms with Crippen molar-refractivity contribution in [2.24, 2.45) is 0 Å². The van der Waals surface area contributed by atoms with Gasteiger partial charge in [-0.25, -0.2) is 9.13 Å². The Morgan fingerprint density at radius 1 is 0.871 bits per heavy atom. The minimum absolute atomic E-state index is 0. The SMILES string of the molecule is CCc1n(C(c2ccccc2)c2cc3ccccc3o2)cc[n+]1Cc1ccccc1.[Br-]. The van der Waals surface area contributed by atoms with Crippen molar-refractivity contribution in [3.8, 4) is 0 Å². The van der Waals surface area contributed by atoms with E-state index >= 15 is 0 Å². The Bertz CT molecular complexity index is 1230. The molecule has 4 heteroatoms. The molecule has 0 amide bonds. The maximum atomic E-state index is 6.34. The summed E-state index contributed by atoms with van der Waals surface area (Å²) < 4.78 is 11.0. The molecule has 5 aromatic rings. The van der Waals surface area contributed by atoms with Crippen molar-refractivity contribution in [3.05, 3.63) is 126 Å². The summed E-state index contributed by atoms with van der Waals surface area (Å²) in [5.41, 5.74) is 3.44. The van der Waals surface area contributed by atoms with Gasteiger partial charge in [-0.1, -0.05) is 85.8 Å². The molecule has 5 rings (SSSR count). The van der Waals surface area contributed by atoms with Crippen LogP contribution in [0.1, 0.15) is 35.7 Å². The highest BCUT2D eigenvalue weighted by atomic mass is 79.9. The van der Waals surface area contributed by atoms with Crippen LogP contribution in [0.3, 0.4) is 0 Å². The number of halogens is 1. The molecule has 0 bridgehead atoms. The number of rotatable bonds is 6. The fourth-order valence-electron chi connectivity index (χ4n) is 4.25. The largest absolute Gasteiger partial charge is 1.00 e. The van der Waals surface area contributed by atoms with Gasteiger partial charge in [-0.3, -0.25) is 0 Å². The minimum atomic E-state index is -0.00873. The number of aromatic nitrogens is 2. The molecule has 0 saturated carbocycles. The average molecular weight is 473 g/mol. The van der Waals surface area contributed by atoms with Crippen molar-refractivity contribution >= 4 is 11.0 Å². The number of fused-ring (bicyclic) bond motifs is 1. The Balaban J connectivity index is 0.00000231. The third-order valence-electron chi connectivity index (χ3n) is 5.66. The van der Waals surface area contributed by atoms with E-state index in [2.05, 4.69) is 107 Å². The van der Waals surface area contributed by atoms with Crippen LogP contribution in [0.2, 0.25) is 0 Å². The molecule has 3 nitrogen and oxygen atoms in total. The summed E-state index contributed by atoms with van der Waals surface area (Å²) >= 11 is 0. The molecule has 0 N–H and O–H groups in total. The average Bonchev–Trinajstić information content (AvgIpc) is 3.39. The van der Waals surface area contributed by atoms with Crippen molar-refractivity contribution in [2.75, 3.05) is 0 Å². The monoisotopic (exact) mass is 472 g/mol. The molecule has 0 radical (unpaired) electrons. The molecule has 0 aliphatic rings. The minimum Gasteiger partial charge on any atom is -1.00 e. The fourth-order valence-corrected chi connectivity index (χ4v) is 4.25. The van der Waals surface area contributed by atoms with Crippen molar-refractivity contribution in [1.29, 1.82) is 0 Å². The first kappa shape index (κ1) is 21.1. The lowest BCUT2D eigenvalue weighted by atomic mass is 10.0. The molecule has 2 heterocycles. The van der Waals surface area contributed by atoms with E-state index in [0.29, 0.717) is 0 Å². The maximum Gasteiger partial charge on any atom is 0.257 e. The van der Waals surface area contributed by atoms with E-state index in [1.807, 2.05) is 12.1 Å². The first-order valence-corrected chi connectivity index (χ1v) is 10.5. The second-order valence-electron chi connectivity index (χ2n) is 7.59. The number of hydrogen-bond acceptors (Lipinski definition) is 1. The van der Waals surface area contributed by atoms with E-state index in [-0.39, 0.29) is 23.0 Å². The van der Waals surface area contributed by atoms with Gasteiger partial charge in [0, 0.05) is 17.4 Å². The standard InChI is InChI=1S/C27H25N2O.BrH/c1-2-26-28(20-21-11-5-3-6-12-21)17-18-29(26)27(22-13-7-4-8-14-22)25-19-23-15-9-10-16-24(23)30-25;/h3-19,27H,2,20H2,1H3;1H/q+1;/p-1. The van der Waals surface area contributed by atoms with Crippen LogP contribution in [0.4, 0.5) is 0 Å². The Kier molecular flexibility index (Phi) is 6.38. The van der Waals surface area contributed by atoms with Gasteiger partial charge in [-0.15, -0.1) is 0 Å². The Hall–Kier alpha value is -3.11. The van der Waals surface area contributed by atoms with Crippen LogP contribution in [0, 0.1) is 0 Å². The van der Waals surface area contributed by atoms with Crippen LogP contribution >= 0.6 is 0 Å². The highest BCUT2D eigenvalue weighted by Crippen LogP contribution is 2.32. The lowest BCUT2D eigenvalue weighted by molar-refractivity contribution is -0.695. The third-order valence-corrected chi connectivity index (χ3v) is 5.66. The summed E-state index contributed by atoms with van der Waals surface area (Å²) in [6.45, 7) is 3.08. The zero-order valence-corrected chi connectivity index (χ0v) is 19.1. The first-order chi connectivity index (χ1) is 14.8. The molecule has 2 aromatic heterocycles. The molecule has 1 atom stereocenters. The van der Waals surface area contributed by atoms with Gasteiger partial charge in [0.25, 0.3) is 5.82 Å². The summed E-state index contributed by atoms with van der Waals surface area (Å²) in [6.07, 6.45) is 5.31. The van der Waals surface area contributed by atoms with Crippen LogP contribution in [-0.2, 0) is 13.0 Å². The topological polar surface area (TPSA) is 21.9 Å². The highest BCUT2D eigenvalue weighted by molar-refractivity contribution is 5.78. The normalized spacial score (nSPS) is 11.9. The molecule has 3 aromatic carbocycles. The molecule has 0 saturated heterocycles. The van der Waals surface area contributed by atoms with E-state index in [0.717, 1.165) is 29.7 Å². The number of para-hydroxylation sites is 1. The van der Waals surface area contributed by atoms with Crippen LogP contribution in [0.25, 0.3) is 11.0 Å². The highest BCUT2D eigenvalue weighted by Gasteiger charge is 2.29. The van der Waals surface area contributed by atoms with Gasteiger partial charge >= 0.3 is 0 Å². The van der Waals surface area contributed by atoms with Crippen LogP contribution in [0.15, 0.2) is 108 Å². The van der Waals surface area contributed by atoms with Crippen molar-refractivity contribution < 1.29 is 26.0 Å². The number of nitrogens with zero attached hydrogens (tertiary/aromatic N) is 2. The second-order valence-corrected chi connectivity index (χ2v) is 7.59. The van der Waals surface area contributed by atoms with E-state index in [1.54, 1.807) is 0 Å². The number of hydrogen-bond donors (Lipinski definition) is 0. The molecule has 0 spiro atoms. The summed E-state index contributed by atoms with van der Waals surface area (Å²) in [7, 11) is 0. The van der Waals surface area contributed by atoms with Gasteiger partial charge in [0.15, 0.2) is 11.8 Å². The lowest BCUT2D eigenvalue weighted by Crippen LogP contribution is -3.00. The second kappa shape index (κ2) is 9.36. The van der Waals surface area contributed by atoms with E-state index in [4.69, 9.17) is 4.42 Å². The molecule has 1 unspecified atom stereocenters. The smallest absolute Gasteiger partial charge is 0.257 e. The molecular weight excluding hydrogens is 448 g/mol. The predicted octanol–water partition coefficient (Wildman–Crippen LogP) is 2.77. The van der Waals surface area contributed by atoms with Gasteiger partial charge in [0.1, 0.15) is 24.5 Å². The van der Waals surface area contributed by atoms with E-state index in [9.17, 15) is 0 Å². The van der Waals surface area contributed by atoms with Crippen molar-refractivity contribution in [3.63, 3.8) is 0 Å². The first-order valence-electron chi connectivity index (χ1n) is 10.5. The molecule has 0 fully saturated rings. The fraction of sp³-hybridized carbons (Fsp3) is 0.148. The molecule has 0 aliphatic carbocycles. The van der Waals surface area contributed by atoms with Gasteiger partial charge in [0.2, 0.25) is 0 Å². The molecule has 31 heavy (non-hydrogen) atoms. The third kappa shape index (κ3) is 4.21. The maximum absolute atomic E-state index is 6.34. The van der Waals surface area contributed by atoms with E-state index in [1.165, 1.54) is 17.0 Å². The Morgan fingerprint density at radius 2 is 1.55 bits per heavy atom. The summed E-state index contributed by atoms with van der Waals surface area (Å²) in [5, 5.41) is 1.13. The van der Waals surface area contributed by atoms with Gasteiger partial charge < -0.3 is 21.4 Å². The quantitative estimate of drug-likeness (QED) is 0.348. The lowest BCUT2D eigenvalue weighted by Gasteiger charge is -2.14. The van der Waals surface area contributed by atoms with Crippen molar-refractivity contribution in [2.45, 2.75) is 25.9 Å². The Morgan fingerprint density at radius 3 is 2.26 bits per heavy atom. The number of imidazole rings is 1. The molecule has 156 valence electrons. The van der Waals surface area contributed by atoms with Gasteiger partial charge in [-0.05, 0) is 17.7 Å².